The molecule has 1 heterocycles. The van der Waals surface area contributed by atoms with Crippen molar-refractivity contribution in [3.05, 3.63) is 12.7 Å². The minimum atomic E-state index is 0.153. The molecule has 0 spiro atoms. The van der Waals surface area contributed by atoms with E-state index in [9.17, 15) is 4.79 Å². The first-order valence-corrected chi connectivity index (χ1v) is 7.01. The van der Waals surface area contributed by atoms with Gasteiger partial charge >= 0.3 is 0 Å². The molecule has 1 fully saturated rings. The van der Waals surface area contributed by atoms with Gasteiger partial charge in [-0.15, -0.1) is 18.3 Å². The Morgan fingerprint density at radius 3 is 3.19 bits per heavy atom. The summed E-state index contributed by atoms with van der Waals surface area (Å²) < 4.78 is 0. The van der Waals surface area contributed by atoms with Gasteiger partial charge in [0.05, 0.1) is 5.75 Å². The molecule has 0 saturated carbocycles. The van der Waals surface area contributed by atoms with Crippen molar-refractivity contribution in [2.24, 2.45) is 5.92 Å². The third-order valence-electron chi connectivity index (χ3n) is 2.78. The van der Waals surface area contributed by atoms with Crippen LogP contribution >= 0.6 is 11.8 Å². The normalized spacial score (nSPS) is 21.7. The summed E-state index contributed by atoms with van der Waals surface area (Å²) in [4.78, 5) is 13.8. The van der Waals surface area contributed by atoms with Gasteiger partial charge in [-0.2, -0.15) is 0 Å². The molecule has 3 nitrogen and oxygen atoms in total. The van der Waals surface area contributed by atoms with Gasteiger partial charge in [0.2, 0.25) is 5.91 Å². The van der Waals surface area contributed by atoms with Gasteiger partial charge in [-0.1, -0.05) is 6.08 Å². The third-order valence-corrected chi connectivity index (χ3v) is 3.72. The summed E-state index contributed by atoms with van der Waals surface area (Å²) in [5, 5.41) is 3.01. The Bertz CT molecular complexity index is 233. The largest absolute Gasteiger partial charge is 0.355 e. The van der Waals surface area contributed by atoms with Crippen LogP contribution in [0, 0.1) is 5.92 Å². The Labute approximate surface area is 103 Å². The summed E-state index contributed by atoms with van der Waals surface area (Å²) in [5.74, 6) is 2.18. The molecule has 92 valence electrons. The monoisotopic (exact) mass is 242 g/mol. The van der Waals surface area contributed by atoms with Gasteiger partial charge in [-0.25, -0.2) is 0 Å². The second-order valence-corrected chi connectivity index (χ2v) is 5.41. The summed E-state index contributed by atoms with van der Waals surface area (Å²) >= 11 is 1.61. The van der Waals surface area contributed by atoms with Gasteiger partial charge in [-0.3, -0.25) is 4.79 Å². The molecule has 16 heavy (non-hydrogen) atoms. The SMILES string of the molecule is C=CCSCC(=O)NC[C@H]1CCCN(C)C1. The number of carbonyl (C=O) groups excluding carboxylic acids is 1. The van der Waals surface area contributed by atoms with Crippen molar-refractivity contribution >= 4 is 17.7 Å². The van der Waals surface area contributed by atoms with Gasteiger partial charge in [0.1, 0.15) is 0 Å². The highest BCUT2D eigenvalue weighted by molar-refractivity contribution is 8.00. The predicted molar refractivity (Wildman–Crippen MR) is 70.8 cm³/mol. The van der Waals surface area contributed by atoms with E-state index in [-0.39, 0.29) is 5.91 Å². The molecule has 0 aromatic heterocycles. The lowest BCUT2D eigenvalue weighted by Gasteiger charge is -2.29. The minimum Gasteiger partial charge on any atom is -0.355 e. The molecular formula is C12H22N2OS. The highest BCUT2D eigenvalue weighted by Gasteiger charge is 2.17. The van der Waals surface area contributed by atoms with Crippen molar-refractivity contribution < 1.29 is 4.79 Å². The van der Waals surface area contributed by atoms with E-state index < -0.39 is 0 Å². The molecule has 0 aromatic carbocycles. The zero-order valence-corrected chi connectivity index (χ0v) is 10.9. The number of hydrogen-bond donors (Lipinski definition) is 1. The Kier molecular flexibility index (Phi) is 6.57. The van der Waals surface area contributed by atoms with Gasteiger partial charge in [0.25, 0.3) is 0 Å². The fraction of sp³-hybridized carbons (Fsp3) is 0.750. The highest BCUT2D eigenvalue weighted by atomic mass is 32.2. The number of piperidine rings is 1. The van der Waals surface area contributed by atoms with Crippen molar-refractivity contribution in [2.75, 3.05) is 38.2 Å². The topological polar surface area (TPSA) is 32.3 Å². The third kappa shape index (κ3) is 5.56. The van der Waals surface area contributed by atoms with Crippen molar-refractivity contribution in [1.29, 1.82) is 0 Å². The molecule has 0 aliphatic carbocycles. The van der Waals surface area contributed by atoms with Gasteiger partial charge in [-0.05, 0) is 32.4 Å². The molecule has 1 amide bonds. The van der Waals surface area contributed by atoms with E-state index in [4.69, 9.17) is 0 Å². The summed E-state index contributed by atoms with van der Waals surface area (Å²) in [6.07, 6.45) is 4.32. The molecule has 1 aliphatic rings. The number of carbonyl (C=O) groups is 1. The van der Waals surface area contributed by atoms with Crippen LogP contribution in [0.4, 0.5) is 0 Å². The maximum atomic E-state index is 11.5. The van der Waals surface area contributed by atoms with Gasteiger partial charge in [0, 0.05) is 18.8 Å². The van der Waals surface area contributed by atoms with E-state index in [2.05, 4.69) is 23.8 Å². The molecule has 0 unspecified atom stereocenters. The Morgan fingerprint density at radius 1 is 1.69 bits per heavy atom. The molecule has 1 saturated heterocycles. The average Bonchev–Trinajstić information content (AvgIpc) is 2.27. The van der Waals surface area contributed by atoms with Crippen LogP contribution in [-0.2, 0) is 4.79 Å². The van der Waals surface area contributed by atoms with Crippen molar-refractivity contribution in [3.8, 4) is 0 Å². The molecule has 1 aliphatic heterocycles. The number of amides is 1. The standard InChI is InChI=1S/C12H22N2OS/c1-3-7-16-10-12(15)13-8-11-5-4-6-14(2)9-11/h3,11H,1,4-10H2,2H3,(H,13,15)/t11-/m1/s1. The first-order chi connectivity index (χ1) is 7.72. The zero-order valence-electron chi connectivity index (χ0n) is 10.1. The fourth-order valence-electron chi connectivity index (χ4n) is 1.98. The number of hydrogen-bond acceptors (Lipinski definition) is 3. The Balaban J connectivity index is 2.08. The second kappa shape index (κ2) is 7.74. The maximum Gasteiger partial charge on any atom is 0.230 e. The van der Waals surface area contributed by atoms with E-state index >= 15 is 0 Å². The number of nitrogens with zero attached hydrogens (tertiary/aromatic N) is 1. The number of thioether (sulfide) groups is 1. The van der Waals surface area contributed by atoms with Crippen LogP contribution < -0.4 is 5.32 Å². The second-order valence-electron chi connectivity index (χ2n) is 4.38. The number of rotatable bonds is 6. The van der Waals surface area contributed by atoms with E-state index in [1.165, 1.54) is 19.4 Å². The quantitative estimate of drug-likeness (QED) is 0.564. The summed E-state index contributed by atoms with van der Waals surface area (Å²) in [5.41, 5.74) is 0. The Hall–Kier alpha value is -0.480. The lowest BCUT2D eigenvalue weighted by Crippen LogP contribution is -2.39. The molecule has 0 bridgehead atoms. The molecular weight excluding hydrogens is 220 g/mol. The smallest absolute Gasteiger partial charge is 0.230 e. The minimum absolute atomic E-state index is 0.153. The van der Waals surface area contributed by atoms with Crippen LogP contribution in [0.25, 0.3) is 0 Å². The average molecular weight is 242 g/mol. The lowest BCUT2D eigenvalue weighted by molar-refractivity contribution is -0.118. The van der Waals surface area contributed by atoms with Crippen LogP contribution in [0.3, 0.4) is 0 Å². The summed E-state index contributed by atoms with van der Waals surface area (Å²) in [7, 11) is 2.15. The molecule has 4 heteroatoms. The first kappa shape index (κ1) is 13.6. The van der Waals surface area contributed by atoms with Crippen molar-refractivity contribution in [2.45, 2.75) is 12.8 Å². The number of likely N-dealkylation sites (tertiary alicyclic amines) is 1. The molecule has 0 aromatic rings. The Morgan fingerprint density at radius 2 is 2.50 bits per heavy atom. The number of nitrogens with one attached hydrogen (secondary N) is 1. The molecule has 1 N–H and O–H groups in total. The van der Waals surface area contributed by atoms with Crippen LogP contribution in [-0.4, -0.2) is 49.0 Å². The highest BCUT2D eigenvalue weighted by Crippen LogP contribution is 2.13. The van der Waals surface area contributed by atoms with Crippen LogP contribution in [0.2, 0.25) is 0 Å². The fourth-order valence-corrected chi connectivity index (χ4v) is 2.56. The van der Waals surface area contributed by atoms with Crippen LogP contribution in [0.5, 0.6) is 0 Å². The molecule has 1 atom stereocenters. The van der Waals surface area contributed by atoms with Gasteiger partial charge < -0.3 is 10.2 Å². The van der Waals surface area contributed by atoms with Crippen LogP contribution in [0.15, 0.2) is 12.7 Å². The van der Waals surface area contributed by atoms with E-state index in [1.807, 2.05) is 6.08 Å². The molecule has 0 radical (unpaired) electrons. The van der Waals surface area contributed by atoms with E-state index in [0.29, 0.717) is 11.7 Å². The summed E-state index contributed by atoms with van der Waals surface area (Å²) in [6, 6.07) is 0. The maximum absolute atomic E-state index is 11.5. The molecule has 1 rings (SSSR count). The van der Waals surface area contributed by atoms with E-state index in [1.54, 1.807) is 11.8 Å². The van der Waals surface area contributed by atoms with Crippen molar-refractivity contribution in [1.82, 2.24) is 10.2 Å². The summed E-state index contributed by atoms with van der Waals surface area (Å²) in [6.45, 7) is 6.76. The predicted octanol–water partition coefficient (Wildman–Crippen LogP) is 1.36. The van der Waals surface area contributed by atoms with E-state index in [0.717, 1.165) is 18.8 Å². The van der Waals surface area contributed by atoms with Gasteiger partial charge in [0.15, 0.2) is 0 Å². The first-order valence-electron chi connectivity index (χ1n) is 5.86. The van der Waals surface area contributed by atoms with Crippen molar-refractivity contribution in [3.63, 3.8) is 0 Å². The van der Waals surface area contributed by atoms with Crippen LogP contribution in [0.1, 0.15) is 12.8 Å². The lowest BCUT2D eigenvalue weighted by atomic mass is 9.98. The zero-order chi connectivity index (χ0) is 11.8.